The van der Waals surface area contributed by atoms with Gasteiger partial charge in [-0.3, -0.25) is 4.68 Å². The Morgan fingerprint density at radius 1 is 1.18 bits per heavy atom. The molecule has 6 heterocycles. The van der Waals surface area contributed by atoms with E-state index < -0.39 is 15.6 Å². The van der Waals surface area contributed by atoms with Gasteiger partial charge in [-0.05, 0) is 30.5 Å². The van der Waals surface area contributed by atoms with Crippen molar-refractivity contribution in [3.8, 4) is 17.3 Å². The van der Waals surface area contributed by atoms with E-state index in [1.165, 1.54) is 15.6 Å². The third-order valence-corrected chi connectivity index (χ3v) is 9.78. The van der Waals surface area contributed by atoms with Gasteiger partial charge < -0.3 is 15.0 Å². The molecule has 2 aliphatic heterocycles. The van der Waals surface area contributed by atoms with E-state index >= 15 is 0 Å². The van der Waals surface area contributed by atoms with Crippen molar-refractivity contribution in [2.45, 2.75) is 18.9 Å². The molecule has 2 saturated heterocycles. The van der Waals surface area contributed by atoms with Crippen molar-refractivity contribution in [3.63, 3.8) is 0 Å². The van der Waals surface area contributed by atoms with Crippen LogP contribution in [0.3, 0.4) is 0 Å². The highest BCUT2D eigenvalue weighted by Gasteiger charge is 2.49. The Labute approximate surface area is 229 Å². The van der Waals surface area contributed by atoms with Crippen LogP contribution in [0.5, 0.6) is 0 Å². The Hall–Kier alpha value is -3.64. The van der Waals surface area contributed by atoms with Crippen LogP contribution in [-0.2, 0) is 20.3 Å². The highest BCUT2D eigenvalue weighted by molar-refractivity contribution is 7.89. The summed E-state index contributed by atoms with van der Waals surface area (Å²) in [6.07, 6.45) is 5.47. The molecule has 2 aliphatic rings. The maximum Gasteiger partial charge on any atom is 0.228 e. The van der Waals surface area contributed by atoms with Gasteiger partial charge in [-0.1, -0.05) is 0 Å². The molecule has 14 heteroatoms. The summed E-state index contributed by atoms with van der Waals surface area (Å²) >= 11 is 1.54. The van der Waals surface area contributed by atoms with E-state index in [1.54, 1.807) is 24.0 Å². The first-order valence-electron chi connectivity index (χ1n) is 12.6. The van der Waals surface area contributed by atoms with E-state index in [4.69, 9.17) is 9.72 Å². The molecule has 0 aliphatic carbocycles. The lowest BCUT2D eigenvalue weighted by atomic mass is 9.89. The van der Waals surface area contributed by atoms with Gasteiger partial charge in [0.15, 0.2) is 0 Å². The molecular weight excluding hydrogens is 538 g/mol. The number of thiophene rings is 1. The molecule has 0 amide bonds. The first-order valence-corrected chi connectivity index (χ1v) is 15.1. The molecule has 1 N–H and O–H groups in total. The summed E-state index contributed by atoms with van der Waals surface area (Å²) in [6.45, 7) is 5.08. The summed E-state index contributed by atoms with van der Waals surface area (Å²) in [4.78, 5) is 16.3. The van der Waals surface area contributed by atoms with Crippen molar-refractivity contribution < 1.29 is 13.2 Å². The Kier molecular flexibility index (Phi) is 6.67. The zero-order chi connectivity index (χ0) is 27.0. The second-order valence-corrected chi connectivity index (χ2v) is 12.7. The van der Waals surface area contributed by atoms with E-state index in [-0.39, 0.29) is 25.3 Å². The van der Waals surface area contributed by atoms with Crippen molar-refractivity contribution in [2.75, 3.05) is 55.4 Å². The number of anilines is 3. The van der Waals surface area contributed by atoms with Gasteiger partial charge in [-0.25, -0.2) is 23.4 Å². The summed E-state index contributed by atoms with van der Waals surface area (Å²) in [5.74, 6) is 1.36. The first kappa shape index (κ1) is 25.6. The summed E-state index contributed by atoms with van der Waals surface area (Å²) in [6, 6.07) is 8.07. The number of ether oxygens (including phenoxy) is 1. The number of nitrogens with one attached hydrogen (secondary N) is 1. The number of hydrogen-bond acceptors (Lipinski definition) is 11. The number of sulfonamides is 1. The summed E-state index contributed by atoms with van der Waals surface area (Å²) in [7, 11) is -3.33. The zero-order valence-corrected chi connectivity index (χ0v) is 23.0. The SMILES string of the molecule is CCS(=O)(=O)N1CC(CC#N)(n2cc(-c3nc(Nc4ccc(N5CCOCC5)nc4)nc4ccsc34)cn2)C1. The van der Waals surface area contributed by atoms with E-state index in [9.17, 15) is 13.7 Å². The minimum absolute atomic E-state index is 0.0263. The zero-order valence-electron chi connectivity index (χ0n) is 21.3. The smallest absolute Gasteiger partial charge is 0.228 e. The Bertz CT molecular complexity index is 1630. The fourth-order valence-electron chi connectivity index (χ4n) is 4.86. The van der Waals surface area contributed by atoms with Gasteiger partial charge in [0, 0.05) is 37.9 Å². The van der Waals surface area contributed by atoms with Crippen LogP contribution in [0.25, 0.3) is 21.5 Å². The van der Waals surface area contributed by atoms with Crippen LogP contribution < -0.4 is 10.2 Å². The molecule has 2 fully saturated rings. The molecule has 202 valence electrons. The lowest BCUT2D eigenvalue weighted by Gasteiger charge is -2.47. The molecular formula is C25H27N9O3S2. The quantitative estimate of drug-likeness (QED) is 0.339. The highest BCUT2D eigenvalue weighted by Crippen LogP contribution is 2.37. The standard InChI is InChI=1S/C25H27N9O3S2/c1-2-39(35,36)33-16-25(17-33,6-7-26)34-15-18(13-28-34)22-23-20(5-12-38-23)30-24(31-22)29-19-3-4-21(27-14-19)32-8-10-37-11-9-32/h3-5,12-15H,2,6,8-11,16-17H2,1H3,(H,29,30,31). The fourth-order valence-corrected chi connectivity index (χ4v) is 6.94. The third-order valence-electron chi connectivity index (χ3n) is 7.09. The maximum absolute atomic E-state index is 12.3. The van der Waals surface area contributed by atoms with Crippen LogP contribution in [0.15, 0.2) is 42.2 Å². The van der Waals surface area contributed by atoms with E-state index in [1.807, 2.05) is 29.8 Å². The van der Waals surface area contributed by atoms with Crippen molar-refractivity contribution in [1.82, 2.24) is 29.0 Å². The predicted octanol–water partition coefficient (Wildman–Crippen LogP) is 2.80. The van der Waals surface area contributed by atoms with Crippen molar-refractivity contribution >= 4 is 49.0 Å². The Morgan fingerprint density at radius 2 is 2.00 bits per heavy atom. The minimum Gasteiger partial charge on any atom is -0.378 e. The summed E-state index contributed by atoms with van der Waals surface area (Å²) < 4.78 is 34.1. The second-order valence-electron chi connectivity index (χ2n) is 9.56. The largest absolute Gasteiger partial charge is 0.378 e. The monoisotopic (exact) mass is 565 g/mol. The lowest BCUT2D eigenvalue weighted by molar-refractivity contribution is 0.0719. The molecule has 0 aromatic carbocycles. The maximum atomic E-state index is 12.3. The van der Waals surface area contributed by atoms with Crippen LogP contribution in [0.1, 0.15) is 13.3 Å². The van der Waals surface area contributed by atoms with Gasteiger partial charge in [-0.15, -0.1) is 11.3 Å². The number of hydrogen-bond donors (Lipinski definition) is 1. The minimum atomic E-state index is -3.33. The number of nitrogens with zero attached hydrogens (tertiary/aromatic N) is 8. The number of aromatic nitrogens is 5. The highest BCUT2D eigenvalue weighted by atomic mass is 32.2. The molecule has 0 bridgehead atoms. The van der Waals surface area contributed by atoms with E-state index in [0.717, 1.165) is 40.4 Å². The van der Waals surface area contributed by atoms with E-state index in [2.05, 4.69) is 31.4 Å². The van der Waals surface area contributed by atoms with Crippen LogP contribution in [0.2, 0.25) is 0 Å². The van der Waals surface area contributed by atoms with Crippen molar-refractivity contribution in [3.05, 3.63) is 42.2 Å². The van der Waals surface area contributed by atoms with Gasteiger partial charge in [0.2, 0.25) is 16.0 Å². The molecule has 0 radical (unpaired) electrons. The third kappa shape index (κ3) is 4.82. The normalized spacial score (nSPS) is 17.6. The number of rotatable bonds is 8. The molecule has 4 aromatic rings. The average Bonchev–Trinajstić information content (AvgIpc) is 3.61. The topological polar surface area (TPSA) is 142 Å². The lowest BCUT2D eigenvalue weighted by Crippen LogP contribution is -2.64. The van der Waals surface area contributed by atoms with Gasteiger partial charge in [0.25, 0.3) is 0 Å². The average molecular weight is 566 g/mol. The van der Waals surface area contributed by atoms with Crippen LogP contribution in [0.4, 0.5) is 17.5 Å². The summed E-state index contributed by atoms with van der Waals surface area (Å²) in [5.41, 5.74) is 2.34. The molecule has 0 unspecified atom stereocenters. The molecule has 4 aromatic heterocycles. The van der Waals surface area contributed by atoms with Gasteiger partial charge >= 0.3 is 0 Å². The molecule has 0 atom stereocenters. The molecule has 39 heavy (non-hydrogen) atoms. The van der Waals surface area contributed by atoms with Gasteiger partial charge in [0.1, 0.15) is 11.4 Å². The Morgan fingerprint density at radius 3 is 2.72 bits per heavy atom. The molecule has 6 rings (SSSR count). The van der Waals surface area contributed by atoms with Crippen molar-refractivity contribution in [1.29, 1.82) is 5.26 Å². The number of fused-ring (bicyclic) bond motifs is 1. The van der Waals surface area contributed by atoms with Crippen molar-refractivity contribution in [2.24, 2.45) is 0 Å². The van der Waals surface area contributed by atoms with Gasteiger partial charge in [-0.2, -0.15) is 14.7 Å². The molecule has 0 saturated carbocycles. The first-order chi connectivity index (χ1) is 18.9. The van der Waals surface area contributed by atoms with E-state index in [0.29, 0.717) is 24.9 Å². The Balaban J connectivity index is 1.27. The number of nitriles is 1. The second kappa shape index (κ2) is 10.2. The van der Waals surface area contributed by atoms with Crippen LogP contribution >= 0.6 is 11.3 Å². The molecule has 0 spiro atoms. The molecule has 12 nitrogen and oxygen atoms in total. The summed E-state index contributed by atoms with van der Waals surface area (Å²) in [5, 5.41) is 19.3. The van der Waals surface area contributed by atoms with Crippen LogP contribution in [0, 0.1) is 11.3 Å². The number of pyridine rings is 1. The number of morpholine rings is 1. The van der Waals surface area contributed by atoms with Gasteiger partial charge in [0.05, 0.1) is 65.4 Å². The predicted molar refractivity (Wildman–Crippen MR) is 148 cm³/mol. The fraction of sp³-hybridized carbons (Fsp3) is 0.400. The van der Waals surface area contributed by atoms with Crippen LogP contribution in [-0.4, -0.2) is 82.6 Å².